The lowest BCUT2D eigenvalue weighted by molar-refractivity contribution is 0.295. The Labute approximate surface area is 156 Å². The number of ether oxygens (including phenoxy) is 1. The number of aliphatic hydroxyl groups is 1. The van der Waals surface area contributed by atoms with E-state index in [-0.39, 0.29) is 23.7 Å². The van der Waals surface area contributed by atoms with Crippen molar-refractivity contribution in [1.82, 2.24) is 14.8 Å². The molecule has 3 rings (SSSR count). The standard InChI is InChI=1S/C17H18ClN3O4S/c1-11-13-10-19-17(18)9-14(13)21(20-11)15-8-12(4-5-16(15)25-2)26(23,24)7-3-6-22/h4-5,8-10,22H,3,6-7H2,1-2H3. The number of aromatic nitrogens is 3. The lowest BCUT2D eigenvalue weighted by atomic mass is 10.2. The Morgan fingerprint density at radius 1 is 1.31 bits per heavy atom. The third-order valence-electron chi connectivity index (χ3n) is 4.03. The zero-order chi connectivity index (χ0) is 18.9. The number of nitrogens with zero attached hydrogens (tertiary/aromatic N) is 3. The molecule has 7 nitrogen and oxygen atoms in total. The zero-order valence-corrected chi connectivity index (χ0v) is 15.9. The number of pyridine rings is 1. The minimum atomic E-state index is -3.53. The molecule has 2 aromatic heterocycles. The molecule has 0 bridgehead atoms. The van der Waals surface area contributed by atoms with Crippen molar-refractivity contribution in [2.24, 2.45) is 0 Å². The van der Waals surface area contributed by atoms with Crippen LogP contribution in [-0.4, -0.2) is 47.8 Å². The smallest absolute Gasteiger partial charge is 0.178 e. The Kier molecular flexibility index (Phi) is 5.17. The molecule has 1 N–H and O–H groups in total. The van der Waals surface area contributed by atoms with E-state index in [9.17, 15) is 8.42 Å². The number of aliphatic hydroxyl groups excluding tert-OH is 1. The van der Waals surface area contributed by atoms with Crippen molar-refractivity contribution >= 4 is 32.3 Å². The van der Waals surface area contributed by atoms with Crippen LogP contribution in [0.3, 0.4) is 0 Å². The van der Waals surface area contributed by atoms with Gasteiger partial charge in [0.1, 0.15) is 16.6 Å². The van der Waals surface area contributed by atoms with Crippen LogP contribution in [0.25, 0.3) is 16.6 Å². The minimum absolute atomic E-state index is 0.135. The largest absolute Gasteiger partial charge is 0.494 e. The second kappa shape index (κ2) is 7.22. The number of hydrogen-bond donors (Lipinski definition) is 1. The molecule has 0 atom stereocenters. The van der Waals surface area contributed by atoms with Gasteiger partial charge in [-0.3, -0.25) is 0 Å². The number of halogens is 1. The second-order valence-electron chi connectivity index (χ2n) is 5.75. The molecule has 2 heterocycles. The molecule has 3 aromatic rings. The van der Waals surface area contributed by atoms with Crippen LogP contribution in [0.1, 0.15) is 12.1 Å². The van der Waals surface area contributed by atoms with E-state index in [0.717, 1.165) is 11.1 Å². The molecule has 0 fully saturated rings. The first-order valence-corrected chi connectivity index (χ1v) is 9.93. The molecule has 1 aromatic carbocycles. The highest BCUT2D eigenvalue weighted by Crippen LogP contribution is 2.31. The summed E-state index contributed by atoms with van der Waals surface area (Å²) in [6.45, 7) is 1.65. The van der Waals surface area contributed by atoms with Crippen LogP contribution < -0.4 is 4.74 Å². The fourth-order valence-electron chi connectivity index (χ4n) is 2.72. The second-order valence-corrected chi connectivity index (χ2v) is 8.25. The Morgan fingerprint density at radius 2 is 2.08 bits per heavy atom. The molecule has 26 heavy (non-hydrogen) atoms. The normalized spacial score (nSPS) is 11.8. The Morgan fingerprint density at radius 3 is 2.77 bits per heavy atom. The van der Waals surface area contributed by atoms with Gasteiger partial charge in [-0.2, -0.15) is 5.10 Å². The van der Waals surface area contributed by atoms with E-state index >= 15 is 0 Å². The van der Waals surface area contributed by atoms with Crippen molar-refractivity contribution in [2.45, 2.75) is 18.2 Å². The molecule has 0 radical (unpaired) electrons. The van der Waals surface area contributed by atoms with Gasteiger partial charge in [-0.15, -0.1) is 0 Å². The van der Waals surface area contributed by atoms with Crippen molar-refractivity contribution in [3.63, 3.8) is 0 Å². The van der Waals surface area contributed by atoms with Gasteiger partial charge in [0, 0.05) is 24.3 Å². The SMILES string of the molecule is COc1ccc(S(=O)(=O)CCCO)cc1-n1nc(C)c2cnc(Cl)cc21. The van der Waals surface area contributed by atoms with Crippen LogP contribution >= 0.6 is 11.6 Å². The van der Waals surface area contributed by atoms with Gasteiger partial charge in [-0.05, 0) is 31.5 Å². The molecular formula is C17H18ClN3O4S. The van der Waals surface area contributed by atoms with Crippen molar-refractivity contribution in [3.8, 4) is 11.4 Å². The highest BCUT2D eigenvalue weighted by molar-refractivity contribution is 7.91. The van der Waals surface area contributed by atoms with Crippen LogP contribution in [0.15, 0.2) is 35.4 Å². The average Bonchev–Trinajstić information content (AvgIpc) is 2.95. The molecule has 9 heteroatoms. The predicted molar refractivity (Wildman–Crippen MR) is 98.9 cm³/mol. The number of hydrogen-bond acceptors (Lipinski definition) is 6. The molecule has 0 aliphatic heterocycles. The van der Waals surface area contributed by atoms with Crippen LogP contribution in [0, 0.1) is 6.92 Å². The fourth-order valence-corrected chi connectivity index (χ4v) is 4.18. The topological polar surface area (TPSA) is 94.3 Å². The molecule has 0 aliphatic carbocycles. The summed E-state index contributed by atoms with van der Waals surface area (Å²) in [5.74, 6) is 0.340. The fraction of sp³-hybridized carbons (Fsp3) is 0.294. The number of benzene rings is 1. The van der Waals surface area contributed by atoms with Crippen molar-refractivity contribution in [3.05, 3.63) is 41.3 Å². The monoisotopic (exact) mass is 395 g/mol. The summed E-state index contributed by atoms with van der Waals surface area (Å²) in [5.41, 5.74) is 1.92. The van der Waals surface area contributed by atoms with Gasteiger partial charge in [0.15, 0.2) is 9.84 Å². The van der Waals surface area contributed by atoms with E-state index in [2.05, 4.69) is 10.1 Å². The number of sulfone groups is 1. The van der Waals surface area contributed by atoms with Gasteiger partial charge in [-0.1, -0.05) is 11.6 Å². The third-order valence-corrected chi connectivity index (χ3v) is 6.03. The van der Waals surface area contributed by atoms with Gasteiger partial charge in [0.05, 0.1) is 29.0 Å². The van der Waals surface area contributed by atoms with E-state index in [0.29, 0.717) is 22.1 Å². The summed E-state index contributed by atoms with van der Waals surface area (Å²) in [6, 6.07) is 6.27. The first kappa shape index (κ1) is 18.6. The summed E-state index contributed by atoms with van der Waals surface area (Å²) in [4.78, 5) is 4.21. The Bertz CT molecular complexity index is 1060. The van der Waals surface area contributed by atoms with E-state index in [1.165, 1.54) is 19.2 Å². The quantitative estimate of drug-likeness (QED) is 0.644. The van der Waals surface area contributed by atoms with Crippen molar-refractivity contribution < 1.29 is 18.3 Å². The van der Waals surface area contributed by atoms with Crippen LogP contribution in [0.2, 0.25) is 5.15 Å². The van der Waals surface area contributed by atoms with Gasteiger partial charge in [0.25, 0.3) is 0 Å². The molecule has 0 saturated heterocycles. The number of fused-ring (bicyclic) bond motifs is 1. The van der Waals surface area contributed by atoms with Crippen molar-refractivity contribution in [1.29, 1.82) is 0 Å². The first-order chi connectivity index (χ1) is 12.4. The maximum absolute atomic E-state index is 12.5. The molecule has 0 unspecified atom stereocenters. The summed E-state index contributed by atoms with van der Waals surface area (Å²) in [6.07, 6.45) is 1.81. The predicted octanol–water partition coefficient (Wildman–Crippen LogP) is 2.55. The minimum Gasteiger partial charge on any atom is -0.494 e. The molecule has 0 saturated carbocycles. The number of methoxy groups -OCH3 is 1. The van der Waals surface area contributed by atoms with Gasteiger partial charge in [-0.25, -0.2) is 18.1 Å². The summed E-state index contributed by atoms with van der Waals surface area (Å²) < 4.78 is 32.0. The van der Waals surface area contributed by atoms with Gasteiger partial charge < -0.3 is 9.84 Å². The van der Waals surface area contributed by atoms with Crippen molar-refractivity contribution in [2.75, 3.05) is 19.5 Å². The Balaban J connectivity index is 2.22. The number of rotatable bonds is 6. The Hall–Kier alpha value is -2.16. The number of aryl methyl sites for hydroxylation is 1. The van der Waals surface area contributed by atoms with E-state index in [1.54, 1.807) is 23.0 Å². The highest BCUT2D eigenvalue weighted by atomic mass is 35.5. The lowest BCUT2D eigenvalue weighted by Crippen LogP contribution is -2.10. The van der Waals surface area contributed by atoms with Gasteiger partial charge in [0.2, 0.25) is 0 Å². The summed E-state index contributed by atoms with van der Waals surface area (Å²) in [5, 5.41) is 14.5. The van der Waals surface area contributed by atoms with Crippen LogP contribution in [0.5, 0.6) is 5.75 Å². The molecule has 138 valence electrons. The average molecular weight is 396 g/mol. The molecule has 0 aliphatic rings. The van der Waals surface area contributed by atoms with E-state index < -0.39 is 9.84 Å². The summed E-state index contributed by atoms with van der Waals surface area (Å²) >= 11 is 6.02. The maximum atomic E-state index is 12.5. The lowest BCUT2D eigenvalue weighted by Gasteiger charge is -2.12. The van der Waals surface area contributed by atoms with Crippen LogP contribution in [0.4, 0.5) is 0 Å². The van der Waals surface area contributed by atoms with E-state index in [4.69, 9.17) is 21.4 Å². The van der Waals surface area contributed by atoms with Gasteiger partial charge >= 0.3 is 0 Å². The maximum Gasteiger partial charge on any atom is 0.178 e. The third kappa shape index (κ3) is 3.40. The summed E-state index contributed by atoms with van der Waals surface area (Å²) in [7, 11) is -2.02. The molecular weight excluding hydrogens is 378 g/mol. The molecule has 0 spiro atoms. The van der Waals surface area contributed by atoms with Crippen LogP contribution in [-0.2, 0) is 9.84 Å². The zero-order valence-electron chi connectivity index (χ0n) is 14.3. The highest BCUT2D eigenvalue weighted by Gasteiger charge is 2.19. The van der Waals surface area contributed by atoms with E-state index in [1.807, 2.05) is 6.92 Å². The first-order valence-electron chi connectivity index (χ1n) is 7.90. The molecule has 0 amide bonds.